The molecule has 1 unspecified atom stereocenters. The van der Waals surface area contributed by atoms with Gasteiger partial charge in [0.1, 0.15) is 5.25 Å². The van der Waals surface area contributed by atoms with Gasteiger partial charge in [0.25, 0.3) is 16.0 Å². The fourth-order valence-corrected chi connectivity index (χ4v) is 1.79. The molecule has 0 saturated carbocycles. The molecule has 0 aliphatic carbocycles. The van der Waals surface area contributed by atoms with Crippen LogP contribution in [-0.4, -0.2) is 23.1 Å². The summed E-state index contributed by atoms with van der Waals surface area (Å²) >= 11 is 0. The van der Waals surface area contributed by atoms with Crippen LogP contribution in [0.4, 0.5) is 0 Å². The molecule has 0 amide bonds. The maximum absolute atomic E-state index is 11.0. The number of benzene rings is 1. The van der Waals surface area contributed by atoms with Gasteiger partial charge in [0, 0.05) is 5.56 Å². The van der Waals surface area contributed by atoms with Crippen molar-refractivity contribution in [2.75, 3.05) is 0 Å². The lowest BCUT2D eigenvalue weighted by atomic mass is 10.1. The molecule has 6 nitrogen and oxygen atoms in total. The maximum atomic E-state index is 11.0. The molecule has 18 heavy (non-hydrogen) atoms. The maximum Gasteiger partial charge on any atom is 0.275 e. The monoisotopic (exact) mass is 268 g/mol. The van der Waals surface area contributed by atoms with Gasteiger partial charge in [-0.15, -0.1) is 0 Å². The van der Waals surface area contributed by atoms with Crippen molar-refractivity contribution in [1.29, 1.82) is 0 Å². The minimum atomic E-state index is -4.22. The van der Waals surface area contributed by atoms with Gasteiger partial charge in [-0.05, 0) is 26.0 Å². The highest BCUT2D eigenvalue weighted by Gasteiger charge is 2.25. The summed E-state index contributed by atoms with van der Waals surface area (Å²) in [5.41, 5.74) is 1.73. The second-order valence-corrected chi connectivity index (χ2v) is 5.72. The minimum Gasteiger partial charge on any atom is -0.334 e. The normalized spacial score (nSPS) is 13.5. The number of aromatic nitrogens is 2. The van der Waals surface area contributed by atoms with E-state index >= 15 is 0 Å². The number of hydrogen-bond acceptors (Lipinski definition) is 5. The SMILES string of the molecule is Cc1cccc(-c2nc(C(C)S(=O)(=O)O)no2)c1. The Kier molecular flexibility index (Phi) is 3.18. The van der Waals surface area contributed by atoms with E-state index in [0.29, 0.717) is 5.56 Å². The molecule has 1 atom stereocenters. The zero-order chi connectivity index (χ0) is 13.3. The summed E-state index contributed by atoms with van der Waals surface area (Å²) in [7, 11) is -4.22. The van der Waals surface area contributed by atoms with Crippen molar-refractivity contribution in [3.05, 3.63) is 35.7 Å². The third-order valence-electron chi connectivity index (χ3n) is 2.52. The van der Waals surface area contributed by atoms with E-state index in [9.17, 15) is 8.42 Å². The number of aryl methyl sites for hydroxylation is 1. The average Bonchev–Trinajstić information content (AvgIpc) is 2.75. The number of hydrogen-bond donors (Lipinski definition) is 1. The zero-order valence-corrected chi connectivity index (χ0v) is 10.7. The first kappa shape index (κ1) is 12.7. The van der Waals surface area contributed by atoms with Crippen LogP contribution >= 0.6 is 0 Å². The van der Waals surface area contributed by atoms with Crippen LogP contribution in [0.25, 0.3) is 11.5 Å². The summed E-state index contributed by atoms with van der Waals surface area (Å²) in [5.74, 6) is 0.165. The summed E-state index contributed by atoms with van der Waals surface area (Å²) in [6, 6.07) is 7.38. The molecular formula is C11H12N2O4S. The summed E-state index contributed by atoms with van der Waals surface area (Å²) in [6.45, 7) is 3.21. The van der Waals surface area contributed by atoms with E-state index < -0.39 is 15.4 Å². The molecule has 1 aromatic carbocycles. The quantitative estimate of drug-likeness (QED) is 0.856. The molecule has 0 fully saturated rings. The Bertz CT molecular complexity index is 663. The Morgan fingerprint density at radius 2 is 2.11 bits per heavy atom. The molecule has 0 aliphatic rings. The van der Waals surface area contributed by atoms with Crippen molar-refractivity contribution in [3.8, 4) is 11.5 Å². The van der Waals surface area contributed by atoms with Gasteiger partial charge in [-0.3, -0.25) is 4.55 Å². The Morgan fingerprint density at radius 1 is 1.39 bits per heavy atom. The highest BCUT2D eigenvalue weighted by atomic mass is 32.2. The summed E-state index contributed by atoms with van der Waals surface area (Å²) in [6.07, 6.45) is 0. The van der Waals surface area contributed by atoms with Crippen LogP contribution in [0.2, 0.25) is 0 Å². The van der Waals surface area contributed by atoms with Gasteiger partial charge in [0.2, 0.25) is 0 Å². The van der Waals surface area contributed by atoms with Crippen LogP contribution in [0.15, 0.2) is 28.8 Å². The third-order valence-corrected chi connectivity index (χ3v) is 3.62. The highest BCUT2D eigenvalue weighted by Crippen LogP contribution is 2.23. The predicted octanol–water partition coefficient (Wildman–Crippen LogP) is 1.99. The number of rotatable bonds is 3. The lowest BCUT2D eigenvalue weighted by Crippen LogP contribution is -2.09. The van der Waals surface area contributed by atoms with E-state index in [1.54, 1.807) is 6.07 Å². The van der Waals surface area contributed by atoms with Gasteiger partial charge in [0.05, 0.1) is 0 Å². The van der Waals surface area contributed by atoms with Crippen LogP contribution in [0, 0.1) is 6.92 Å². The van der Waals surface area contributed by atoms with E-state index in [-0.39, 0.29) is 11.7 Å². The van der Waals surface area contributed by atoms with Crippen molar-refractivity contribution >= 4 is 10.1 Å². The fourth-order valence-electron chi connectivity index (χ4n) is 1.43. The van der Waals surface area contributed by atoms with Crippen LogP contribution < -0.4 is 0 Å². The van der Waals surface area contributed by atoms with Gasteiger partial charge in [-0.25, -0.2) is 0 Å². The van der Waals surface area contributed by atoms with Gasteiger partial charge in [-0.1, -0.05) is 22.9 Å². The van der Waals surface area contributed by atoms with E-state index in [1.807, 2.05) is 25.1 Å². The predicted molar refractivity (Wildman–Crippen MR) is 64.4 cm³/mol. The second-order valence-electron chi connectivity index (χ2n) is 3.98. The summed E-state index contributed by atoms with van der Waals surface area (Å²) in [4.78, 5) is 3.97. The van der Waals surface area contributed by atoms with E-state index in [0.717, 1.165) is 5.56 Å². The molecule has 0 saturated heterocycles. The smallest absolute Gasteiger partial charge is 0.275 e. The molecule has 0 spiro atoms. The van der Waals surface area contributed by atoms with E-state index in [4.69, 9.17) is 9.08 Å². The van der Waals surface area contributed by atoms with Gasteiger partial charge < -0.3 is 4.52 Å². The molecule has 1 aromatic heterocycles. The lowest BCUT2D eigenvalue weighted by Gasteiger charge is -2.00. The second kappa shape index (κ2) is 4.51. The summed E-state index contributed by atoms with van der Waals surface area (Å²) < 4.78 is 35.8. The minimum absolute atomic E-state index is 0.0611. The van der Waals surface area contributed by atoms with Gasteiger partial charge >= 0.3 is 0 Å². The van der Waals surface area contributed by atoms with Crippen LogP contribution in [0.3, 0.4) is 0 Å². The largest absolute Gasteiger partial charge is 0.334 e. The molecule has 2 rings (SSSR count). The average molecular weight is 268 g/mol. The van der Waals surface area contributed by atoms with Crippen LogP contribution in [-0.2, 0) is 10.1 Å². The first-order chi connectivity index (χ1) is 8.38. The first-order valence-corrected chi connectivity index (χ1v) is 6.75. The molecule has 0 radical (unpaired) electrons. The molecule has 7 heteroatoms. The van der Waals surface area contributed by atoms with Crippen molar-refractivity contribution in [2.45, 2.75) is 19.1 Å². The zero-order valence-electron chi connectivity index (χ0n) is 9.86. The van der Waals surface area contributed by atoms with Crippen molar-refractivity contribution < 1.29 is 17.5 Å². The third kappa shape index (κ3) is 2.57. The Balaban J connectivity index is 2.37. The Labute approximate surface area is 104 Å². The molecule has 0 aliphatic heterocycles. The van der Waals surface area contributed by atoms with Crippen molar-refractivity contribution in [2.24, 2.45) is 0 Å². The van der Waals surface area contributed by atoms with Gasteiger partial charge in [0.15, 0.2) is 5.82 Å². The van der Waals surface area contributed by atoms with E-state index in [1.165, 1.54) is 6.92 Å². The standard InChI is InChI=1S/C11H12N2O4S/c1-7-4-3-5-9(6-7)11-12-10(13-17-11)8(2)18(14,15)16/h3-6,8H,1-2H3,(H,14,15,16). The first-order valence-electron chi connectivity index (χ1n) is 5.25. The molecule has 0 bridgehead atoms. The number of nitrogens with zero attached hydrogens (tertiary/aromatic N) is 2. The highest BCUT2D eigenvalue weighted by molar-refractivity contribution is 7.86. The van der Waals surface area contributed by atoms with Gasteiger partial charge in [-0.2, -0.15) is 13.4 Å². The topological polar surface area (TPSA) is 93.3 Å². The fraction of sp³-hybridized carbons (Fsp3) is 0.273. The molecular weight excluding hydrogens is 256 g/mol. The molecule has 1 N–H and O–H groups in total. The Hall–Kier alpha value is -1.73. The molecule has 1 heterocycles. The Morgan fingerprint density at radius 3 is 2.72 bits per heavy atom. The molecule has 96 valence electrons. The summed E-state index contributed by atoms with van der Waals surface area (Å²) in [5, 5.41) is 2.35. The van der Waals surface area contributed by atoms with Crippen LogP contribution in [0.5, 0.6) is 0 Å². The van der Waals surface area contributed by atoms with Crippen molar-refractivity contribution in [3.63, 3.8) is 0 Å². The van der Waals surface area contributed by atoms with Crippen molar-refractivity contribution in [1.82, 2.24) is 10.1 Å². The molecule has 2 aromatic rings. The van der Waals surface area contributed by atoms with E-state index in [2.05, 4.69) is 10.1 Å². The van der Waals surface area contributed by atoms with Crippen LogP contribution in [0.1, 0.15) is 23.6 Å². The lowest BCUT2D eigenvalue weighted by molar-refractivity contribution is 0.417.